The Hall–Kier alpha value is -2.42. The lowest BCUT2D eigenvalue weighted by Crippen LogP contribution is -2.31. The Labute approximate surface area is 117 Å². The van der Waals surface area contributed by atoms with E-state index in [1.807, 2.05) is 13.8 Å². The van der Waals surface area contributed by atoms with Crippen LogP contribution in [-0.2, 0) is 4.79 Å². The van der Waals surface area contributed by atoms with Crippen molar-refractivity contribution in [1.29, 1.82) is 5.26 Å². The molecule has 0 spiro atoms. The van der Waals surface area contributed by atoms with E-state index < -0.39 is 10.8 Å². The number of carbonyl (C=O) groups is 1. The number of nitriles is 1. The molecule has 0 fully saturated rings. The molecule has 0 aliphatic rings. The van der Waals surface area contributed by atoms with Crippen LogP contribution in [0.25, 0.3) is 0 Å². The summed E-state index contributed by atoms with van der Waals surface area (Å²) in [4.78, 5) is 23.7. The van der Waals surface area contributed by atoms with Gasteiger partial charge in [0.2, 0.25) is 5.91 Å². The highest BCUT2D eigenvalue weighted by Gasteiger charge is 2.19. The molecule has 1 amide bonds. The molecule has 6 nitrogen and oxygen atoms in total. The van der Waals surface area contributed by atoms with Crippen LogP contribution in [-0.4, -0.2) is 28.8 Å². The van der Waals surface area contributed by atoms with Crippen LogP contribution in [0.4, 0.5) is 5.69 Å². The van der Waals surface area contributed by atoms with Gasteiger partial charge < -0.3 is 4.90 Å². The summed E-state index contributed by atoms with van der Waals surface area (Å²) in [5, 5.41) is 19.8. The van der Waals surface area contributed by atoms with Crippen molar-refractivity contribution >= 4 is 11.6 Å². The van der Waals surface area contributed by atoms with E-state index in [4.69, 9.17) is 0 Å². The predicted octanol–water partition coefficient (Wildman–Crippen LogP) is 2.46. The molecule has 1 aromatic rings. The van der Waals surface area contributed by atoms with Gasteiger partial charge in [0, 0.05) is 31.6 Å². The molecule has 0 N–H and O–H groups in total. The third-order valence-electron chi connectivity index (χ3n) is 3.16. The van der Waals surface area contributed by atoms with Crippen molar-refractivity contribution in [3.05, 3.63) is 39.9 Å². The number of hydrogen-bond donors (Lipinski definition) is 0. The lowest BCUT2D eigenvalue weighted by Gasteiger charge is -2.20. The first-order valence-electron chi connectivity index (χ1n) is 6.45. The van der Waals surface area contributed by atoms with Gasteiger partial charge in [0.15, 0.2) is 0 Å². The summed E-state index contributed by atoms with van der Waals surface area (Å²) in [6.45, 7) is 4.98. The van der Waals surface area contributed by atoms with Gasteiger partial charge in [0.05, 0.1) is 16.9 Å². The van der Waals surface area contributed by atoms with Gasteiger partial charge in [0.1, 0.15) is 0 Å². The molecule has 20 heavy (non-hydrogen) atoms. The fraction of sp³-hybridized carbons (Fsp3) is 0.429. The van der Waals surface area contributed by atoms with Crippen LogP contribution in [0.2, 0.25) is 0 Å². The summed E-state index contributed by atoms with van der Waals surface area (Å²) in [5.41, 5.74) is 0.596. The molecule has 0 saturated carbocycles. The van der Waals surface area contributed by atoms with Gasteiger partial charge in [-0.05, 0) is 19.4 Å². The first-order valence-corrected chi connectivity index (χ1v) is 6.45. The summed E-state index contributed by atoms with van der Waals surface area (Å²) >= 11 is 0. The minimum Gasteiger partial charge on any atom is -0.343 e. The average Bonchev–Trinajstić information content (AvgIpc) is 2.46. The van der Waals surface area contributed by atoms with Gasteiger partial charge in [0.25, 0.3) is 5.69 Å². The van der Waals surface area contributed by atoms with Gasteiger partial charge in [-0.1, -0.05) is 12.1 Å². The zero-order valence-corrected chi connectivity index (χ0v) is 11.6. The number of carbonyl (C=O) groups excluding carboxylic acids is 1. The molecule has 0 aliphatic carbocycles. The van der Waals surface area contributed by atoms with Gasteiger partial charge >= 0.3 is 0 Å². The fourth-order valence-corrected chi connectivity index (χ4v) is 1.95. The van der Waals surface area contributed by atoms with Crippen molar-refractivity contribution in [1.82, 2.24) is 4.90 Å². The Morgan fingerprint density at radius 1 is 1.35 bits per heavy atom. The summed E-state index contributed by atoms with van der Waals surface area (Å²) in [6, 6.07) is 7.84. The maximum atomic E-state index is 12.0. The van der Waals surface area contributed by atoms with Gasteiger partial charge in [-0.25, -0.2) is 0 Å². The molecule has 0 aliphatic heterocycles. The number of nitro groups is 1. The second-order valence-electron chi connectivity index (χ2n) is 4.30. The lowest BCUT2D eigenvalue weighted by molar-refractivity contribution is -0.384. The highest BCUT2D eigenvalue weighted by atomic mass is 16.6. The Bertz CT molecular complexity index is 515. The predicted molar refractivity (Wildman–Crippen MR) is 74.0 cm³/mol. The average molecular weight is 275 g/mol. The zero-order chi connectivity index (χ0) is 15.1. The highest BCUT2D eigenvalue weighted by Crippen LogP contribution is 2.22. The van der Waals surface area contributed by atoms with Gasteiger partial charge in [-0.3, -0.25) is 14.9 Å². The van der Waals surface area contributed by atoms with Crippen molar-refractivity contribution < 1.29 is 9.72 Å². The Morgan fingerprint density at radius 3 is 2.30 bits per heavy atom. The SMILES string of the molecule is CCN(CC)C(=O)CC(C#N)c1ccc([N+](=O)[O-])cc1. The third-order valence-corrected chi connectivity index (χ3v) is 3.16. The molecule has 1 rings (SSSR count). The fourth-order valence-electron chi connectivity index (χ4n) is 1.95. The van der Waals surface area contributed by atoms with Crippen LogP contribution in [0.1, 0.15) is 31.7 Å². The number of nitro benzene ring substituents is 1. The smallest absolute Gasteiger partial charge is 0.269 e. The van der Waals surface area contributed by atoms with E-state index in [9.17, 15) is 20.2 Å². The van der Waals surface area contributed by atoms with E-state index >= 15 is 0 Å². The molecular formula is C14H17N3O3. The normalized spacial score (nSPS) is 11.4. The number of benzene rings is 1. The van der Waals surface area contributed by atoms with Crippen LogP contribution in [0.3, 0.4) is 0 Å². The quantitative estimate of drug-likeness (QED) is 0.589. The third kappa shape index (κ3) is 3.79. The summed E-state index contributed by atoms with van der Waals surface area (Å²) in [6.07, 6.45) is 0.0932. The monoisotopic (exact) mass is 275 g/mol. The molecule has 1 unspecified atom stereocenters. The molecule has 0 heterocycles. The van der Waals surface area contributed by atoms with Crippen molar-refractivity contribution in [3.63, 3.8) is 0 Å². The Morgan fingerprint density at radius 2 is 1.90 bits per heavy atom. The second-order valence-corrected chi connectivity index (χ2v) is 4.30. The van der Waals surface area contributed by atoms with Crippen LogP contribution < -0.4 is 0 Å². The molecule has 0 aromatic heterocycles. The van der Waals surface area contributed by atoms with Crippen LogP contribution >= 0.6 is 0 Å². The first-order chi connectivity index (χ1) is 9.53. The molecule has 106 valence electrons. The maximum absolute atomic E-state index is 12.0. The second kappa shape index (κ2) is 7.24. The molecular weight excluding hydrogens is 258 g/mol. The van der Waals surface area contributed by atoms with E-state index in [1.54, 1.807) is 4.90 Å². The molecule has 1 aromatic carbocycles. The van der Waals surface area contributed by atoms with E-state index in [-0.39, 0.29) is 18.0 Å². The van der Waals surface area contributed by atoms with Gasteiger partial charge in [-0.15, -0.1) is 0 Å². The Balaban J connectivity index is 2.84. The molecule has 6 heteroatoms. The van der Waals surface area contributed by atoms with Crippen LogP contribution in [0, 0.1) is 21.4 Å². The van der Waals surface area contributed by atoms with Crippen molar-refractivity contribution in [2.75, 3.05) is 13.1 Å². The standard InChI is InChI=1S/C14H17N3O3/c1-3-16(4-2)14(18)9-12(10-15)11-5-7-13(8-6-11)17(19)20/h5-8,12H,3-4,9H2,1-2H3. The topological polar surface area (TPSA) is 87.2 Å². The molecule has 0 radical (unpaired) electrons. The summed E-state index contributed by atoms with van der Waals surface area (Å²) in [5.74, 6) is -0.663. The highest BCUT2D eigenvalue weighted by molar-refractivity contribution is 5.77. The largest absolute Gasteiger partial charge is 0.343 e. The number of non-ortho nitro benzene ring substituents is 1. The van der Waals surface area contributed by atoms with Crippen molar-refractivity contribution in [2.24, 2.45) is 0 Å². The number of hydrogen-bond acceptors (Lipinski definition) is 4. The minimum absolute atomic E-state index is 0.0273. The van der Waals surface area contributed by atoms with E-state index in [1.165, 1.54) is 24.3 Å². The Kier molecular flexibility index (Phi) is 5.66. The molecule has 1 atom stereocenters. The molecule has 0 saturated heterocycles. The number of amides is 1. The van der Waals surface area contributed by atoms with Gasteiger partial charge in [-0.2, -0.15) is 5.26 Å². The van der Waals surface area contributed by atoms with Crippen molar-refractivity contribution in [2.45, 2.75) is 26.2 Å². The van der Waals surface area contributed by atoms with E-state index in [2.05, 4.69) is 6.07 Å². The van der Waals surface area contributed by atoms with Crippen LogP contribution in [0.5, 0.6) is 0 Å². The number of rotatable bonds is 6. The lowest BCUT2D eigenvalue weighted by atomic mass is 9.96. The maximum Gasteiger partial charge on any atom is 0.269 e. The minimum atomic E-state index is -0.580. The van der Waals surface area contributed by atoms with Crippen LogP contribution in [0.15, 0.2) is 24.3 Å². The number of nitrogens with zero attached hydrogens (tertiary/aromatic N) is 3. The van der Waals surface area contributed by atoms with E-state index in [0.717, 1.165) is 0 Å². The summed E-state index contributed by atoms with van der Waals surface area (Å²) in [7, 11) is 0. The molecule has 0 bridgehead atoms. The first kappa shape index (κ1) is 15.6. The zero-order valence-electron chi connectivity index (χ0n) is 11.6. The van der Waals surface area contributed by atoms with E-state index in [0.29, 0.717) is 18.7 Å². The summed E-state index contributed by atoms with van der Waals surface area (Å²) < 4.78 is 0. The van der Waals surface area contributed by atoms with Crippen molar-refractivity contribution in [3.8, 4) is 6.07 Å².